The smallest absolute Gasteiger partial charge is 0.127 e. The second kappa shape index (κ2) is 2.79. The molecule has 1 atom stereocenters. The van der Waals surface area contributed by atoms with Crippen molar-refractivity contribution in [1.82, 2.24) is 0 Å². The van der Waals surface area contributed by atoms with Crippen LogP contribution in [-0.4, -0.2) is 13.7 Å². The van der Waals surface area contributed by atoms with E-state index in [2.05, 4.69) is 6.07 Å². The summed E-state index contributed by atoms with van der Waals surface area (Å²) in [6.07, 6.45) is 0.278. The van der Waals surface area contributed by atoms with E-state index in [9.17, 15) is 0 Å². The van der Waals surface area contributed by atoms with E-state index in [4.69, 9.17) is 9.47 Å². The van der Waals surface area contributed by atoms with Crippen molar-refractivity contribution in [1.29, 1.82) is 0 Å². The van der Waals surface area contributed by atoms with Crippen LogP contribution in [0.25, 0.3) is 0 Å². The Hall–Kier alpha value is -1.02. The molecule has 1 aliphatic rings. The molecule has 2 rings (SSSR count). The van der Waals surface area contributed by atoms with Crippen LogP contribution in [0.5, 0.6) is 5.75 Å². The number of epoxide rings is 1. The zero-order chi connectivity index (χ0) is 8.55. The second-order valence-corrected chi connectivity index (χ2v) is 3.02. The van der Waals surface area contributed by atoms with Gasteiger partial charge in [0.05, 0.1) is 13.7 Å². The molecule has 1 fully saturated rings. The Morgan fingerprint density at radius 1 is 1.50 bits per heavy atom. The third-order valence-corrected chi connectivity index (χ3v) is 2.13. The molecule has 0 amide bonds. The lowest BCUT2D eigenvalue weighted by molar-refractivity contribution is 0.381. The Morgan fingerprint density at radius 2 is 2.25 bits per heavy atom. The molecule has 0 spiro atoms. The van der Waals surface area contributed by atoms with Gasteiger partial charge < -0.3 is 9.47 Å². The summed E-state index contributed by atoms with van der Waals surface area (Å²) in [6, 6.07) is 6.14. The highest BCUT2D eigenvalue weighted by Crippen LogP contribution is 2.37. The lowest BCUT2D eigenvalue weighted by atomic mass is 10.1. The first-order chi connectivity index (χ1) is 5.83. The van der Waals surface area contributed by atoms with Gasteiger partial charge in [-0.3, -0.25) is 0 Å². The molecule has 0 radical (unpaired) electrons. The summed E-state index contributed by atoms with van der Waals surface area (Å²) < 4.78 is 10.5. The maximum atomic E-state index is 5.30. The van der Waals surface area contributed by atoms with Gasteiger partial charge in [0.1, 0.15) is 11.9 Å². The summed E-state index contributed by atoms with van der Waals surface area (Å²) in [4.78, 5) is 0. The molecule has 12 heavy (non-hydrogen) atoms. The fourth-order valence-corrected chi connectivity index (χ4v) is 1.44. The Kier molecular flexibility index (Phi) is 1.77. The SMILES string of the molecule is COc1c(C)cccc1C1CO1. The summed E-state index contributed by atoms with van der Waals surface area (Å²) in [6.45, 7) is 2.88. The third-order valence-electron chi connectivity index (χ3n) is 2.13. The predicted octanol–water partition coefficient (Wildman–Crippen LogP) is 2.07. The number of para-hydroxylation sites is 1. The van der Waals surface area contributed by atoms with Gasteiger partial charge in [-0.05, 0) is 12.5 Å². The van der Waals surface area contributed by atoms with Gasteiger partial charge in [-0.25, -0.2) is 0 Å². The van der Waals surface area contributed by atoms with Crippen LogP contribution in [-0.2, 0) is 4.74 Å². The minimum absolute atomic E-state index is 0.278. The van der Waals surface area contributed by atoms with Crippen molar-refractivity contribution >= 4 is 0 Å². The molecule has 1 aromatic rings. The van der Waals surface area contributed by atoms with Crippen LogP contribution in [0.3, 0.4) is 0 Å². The number of benzene rings is 1. The van der Waals surface area contributed by atoms with Crippen LogP contribution in [0.1, 0.15) is 17.2 Å². The highest BCUT2D eigenvalue weighted by atomic mass is 16.6. The van der Waals surface area contributed by atoms with Crippen LogP contribution >= 0.6 is 0 Å². The zero-order valence-corrected chi connectivity index (χ0v) is 7.33. The van der Waals surface area contributed by atoms with Gasteiger partial charge in [-0.1, -0.05) is 18.2 Å². The van der Waals surface area contributed by atoms with Crippen LogP contribution in [0.4, 0.5) is 0 Å². The van der Waals surface area contributed by atoms with Gasteiger partial charge >= 0.3 is 0 Å². The molecule has 2 heteroatoms. The minimum atomic E-state index is 0.278. The molecular formula is C10H12O2. The van der Waals surface area contributed by atoms with Crippen molar-refractivity contribution in [3.8, 4) is 5.75 Å². The summed E-state index contributed by atoms with van der Waals surface area (Å²) in [7, 11) is 1.70. The van der Waals surface area contributed by atoms with Crippen molar-refractivity contribution in [3.05, 3.63) is 29.3 Å². The van der Waals surface area contributed by atoms with E-state index >= 15 is 0 Å². The van der Waals surface area contributed by atoms with Gasteiger partial charge in [0.25, 0.3) is 0 Å². The van der Waals surface area contributed by atoms with E-state index in [1.807, 2.05) is 19.1 Å². The number of hydrogen-bond acceptors (Lipinski definition) is 2. The Balaban J connectivity index is 2.43. The maximum absolute atomic E-state index is 5.30. The molecule has 0 saturated carbocycles. The quantitative estimate of drug-likeness (QED) is 0.624. The molecule has 1 unspecified atom stereocenters. The summed E-state index contributed by atoms with van der Waals surface area (Å²) >= 11 is 0. The van der Waals surface area contributed by atoms with Gasteiger partial charge in [0.2, 0.25) is 0 Å². The summed E-state index contributed by atoms with van der Waals surface area (Å²) in [5.74, 6) is 0.972. The van der Waals surface area contributed by atoms with Crippen LogP contribution in [0, 0.1) is 6.92 Å². The maximum Gasteiger partial charge on any atom is 0.127 e. The normalized spacial score (nSPS) is 20.7. The molecule has 0 bridgehead atoms. The number of hydrogen-bond donors (Lipinski definition) is 0. The highest BCUT2D eigenvalue weighted by molar-refractivity contribution is 5.43. The van der Waals surface area contributed by atoms with Gasteiger partial charge in [0.15, 0.2) is 0 Å². The van der Waals surface area contributed by atoms with Crippen molar-refractivity contribution < 1.29 is 9.47 Å². The number of aryl methyl sites for hydroxylation is 1. The molecule has 2 nitrogen and oxygen atoms in total. The van der Waals surface area contributed by atoms with Crippen molar-refractivity contribution in [2.75, 3.05) is 13.7 Å². The lowest BCUT2D eigenvalue weighted by Crippen LogP contribution is -1.92. The molecule has 0 N–H and O–H groups in total. The zero-order valence-electron chi connectivity index (χ0n) is 7.33. The van der Waals surface area contributed by atoms with E-state index < -0.39 is 0 Å². The summed E-state index contributed by atoms with van der Waals surface area (Å²) in [5.41, 5.74) is 2.35. The number of methoxy groups -OCH3 is 1. The first-order valence-electron chi connectivity index (χ1n) is 4.08. The van der Waals surface area contributed by atoms with Gasteiger partial charge in [-0.15, -0.1) is 0 Å². The van der Waals surface area contributed by atoms with Gasteiger partial charge in [0, 0.05) is 5.56 Å². The molecule has 1 aromatic carbocycles. The van der Waals surface area contributed by atoms with Crippen LogP contribution in [0.2, 0.25) is 0 Å². The van der Waals surface area contributed by atoms with E-state index in [-0.39, 0.29) is 6.10 Å². The van der Waals surface area contributed by atoms with Crippen molar-refractivity contribution in [2.24, 2.45) is 0 Å². The number of rotatable bonds is 2. The second-order valence-electron chi connectivity index (χ2n) is 3.02. The predicted molar refractivity (Wildman–Crippen MR) is 46.4 cm³/mol. The van der Waals surface area contributed by atoms with Crippen molar-refractivity contribution in [2.45, 2.75) is 13.0 Å². The van der Waals surface area contributed by atoms with E-state index in [1.165, 1.54) is 11.1 Å². The first-order valence-corrected chi connectivity index (χ1v) is 4.08. The minimum Gasteiger partial charge on any atom is -0.496 e. The average Bonchev–Trinajstić information content (AvgIpc) is 2.86. The Labute approximate surface area is 72.1 Å². The van der Waals surface area contributed by atoms with Gasteiger partial charge in [-0.2, -0.15) is 0 Å². The van der Waals surface area contributed by atoms with E-state index in [1.54, 1.807) is 7.11 Å². The van der Waals surface area contributed by atoms with E-state index in [0.717, 1.165) is 12.4 Å². The molecular weight excluding hydrogens is 152 g/mol. The average molecular weight is 164 g/mol. The lowest BCUT2D eigenvalue weighted by Gasteiger charge is -2.08. The van der Waals surface area contributed by atoms with Crippen LogP contribution < -0.4 is 4.74 Å². The topological polar surface area (TPSA) is 21.8 Å². The molecule has 1 saturated heterocycles. The first kappa shape index (κ1) is 7.62. The van der Waals surface area contributed by atoms with Crippen LogP contribution in [0.15, 0.2) is 18.2 Å². The fraction of sp³-hybridized carbons (Fsp3) is 0.400. The fourth-order valence-electron chi connectivity index (χ4n) is 1.44. The Morgan fingerprint density at radius 3 is 2.83 bits per heavy atom. The third kappa shape index (κ3) is 1.18. The monoisotopic (exact) mass is 164 g/mol. The molecule has 1 aliphatic heterocycles. The molecule has 0 aromatic heterocycles. The Bertz CT molecular complexity index is 290. The standard InChI is InChI=1S/C10H12O2/c1-7-4-3-5-8(9-6-12-9)10(7)11-2/h3-5,9H,6H2,1-2H3. The summed E-state index contributed by atoms with van der Waals surface area (Å²) in [5, 5.41) is 0. The van der Waals surface area contributed by atoms with Crippen molar-refractivity contribution in [3.63, 3.8) is 0 Å². The molecule has 0 aliphatic carbocycles. The molecule has 64 valence electrons. The largest absolute Gasteiger partial charge is 0.496 e. The van der Waals surface area contributed by atoms with E-state index in [0.29, 0.717) is 0 Å². The highest BCUT2D eigenvalue weighted by Gasteiger charge is 2.28. The molecule has 1 heterocycles. The number of ether oxygens (including phenoxy) is 2.